The summed E-state index contributed by atoms with van der Waals surface area (Å²) in [5, 5.41) is 3.13. The van der Waals surface area contributed by atoms with E-state index in [1.54, 1.807) is 6.20 Å². The van der Waals surface area contributed by atoms with Gasteiger partial charge in [-0.05, 0) is 44.9 Å². The van der Waals surface area contributed by atoms with Crippen molar-refractivity contribution in [3.05, 3.63) is 69.1 Å². The topological polar surface area (TPSA) is 60.5 Å². The normalized spacial score (nSPS) is 23.1. The summed E-state index contributed by atoms with van der Waals surface area (Å²) in [7, 11) is 0. The quantitative estimate of drug-likeness (QED) is 0.568. The molecule has 0 bridgehead atoms. The fraction of sp³-hybridized carbons (Fsp3) is 0.333. The molecule has 2 aliphatic rings. The molecule has 3 heterocycles. The van der Waals surface area contributed by atoms with E-state index in [-0.39, 0.29) is 11.8 Å². The molecular formula is C24H23ClN2O3S. The second-order valence-electron chi connectivity index (χ2n) is 8.44. The Bertz CT molecular complexity index is 1180. The van der Waals surface area contributed by atoms with Gasteiger partial charge < -0.3 is 14.8 Å². The zero-order chi connectivity index (χ0) is 21.8. The van der Waals surface area contributed by atoms with Gasteiger partial charge in [-0.25, -0.2) is 4.98 Å². The van der Waals surface area contributed by atoms with Crippen LogP contribution in [0.3, 0.4) is 0 Å². The smallest absolute Gasteiger partial charge is 0.240 e. The molecule has 2 aliphatic heterocycles. The van der Waals surface area contributed by atoms with Crippen LogP contribution in [0.25, 0.3) is 0 Å². The maximum absolute atomic E-state index is 13.8. The van der Waals surface area contributed by atoms with Crippen molar-refractivity contribution in [2.45, 2.75) is 38.2 Å². The monoisotopic (exact) mass is 454 g/mol. The van der Waals surface area contributed by atoms with E-state index in [0.29, 0.717) is 23.2 Å². The van der Waals surface area contributed by atoms with Crippen molar-refractivity contribution in [2.75, 3.05) is 11.9 Å². The van der Waals surface area contributed by atoms with Gasteiger partial charge in [0, 0.05) is 34.3 Å². The Balaban J connectivity index is 1.77. The molecule has 0 saturated heterocycles. The van der Waals surface area contributed by atoms with E-state index in [9.17, 15) is 4.79 Å². The third-order valence-corrected chi connectivity index (χ3v) is 7.45. The standard InChI is InChI=1S/C24H23ClN2O3S/c1-4-29-14-9-10-17-19(11-14)30-23(2,3)20(12-15-13-26-22(25)31-15)24(17)16-7-5-6-8-18(16)27-21(24)28/h5-11,13,20H,4,12H2,1-3H3,(H,27,28)/t20?,24-/m1/s1. The van der Waals surface area contributed by atoms with Crippen LogP contribution in [0, 0.1) is 5.92 Å². The highest BCUT2D eigenvalue weighted by Gasteiger charge is 2.62. The summed E-state index contributed by atoms with van der Waals surface area (Å²) in [6.45, 7) is 6.60. The Labute approximate surface area is 190 Å². The molecule has 1 amide bonds. The van der Waals surface area contributed by atoms with Gasteiger partial charge in [0.15, 0.2) is 4.47 Å². The Morgan fingerprint density at radius 1 is 1.23 bits per heavy atom. The third-order valence-electron chi connectivity index (χ3n) is 6.31. The van der Waals surface area contributed by atoms with E-state index in [1.807, 2.05) is 63.2 Å². The highest BCUT2D eigenvalue weighted by atomic mass is 35.5. The Morgan fingerprint density at radius 2 is 2.03 bits per heavy atom. The molecular weight excluding hydrogens is 432 g/mol. The first-order valence-corrected chi connectivity index (χ1v) is 11.5. The Kier molecular flexibility index (Phi) is 4.75. The van der Waals surface area contributed by atoms with E-state index in [2.05, 4.69) is 10.3 Å². The van der Waals surface area contributed by atoms with Gasteiger partial charge in [0.25, 0.3) is 0 Å². The van der Waals surface area contributed by atoms with E-state index < -0.39 is 11.0 Å². The van der Waals surface area contributed by atoms with Gasteiger partial charge in [-0.2, -0.15) is 0 Å². The number of para-hydroxylation sites is 1. The second kappa shape index (κ2) is 7.24. The molecule has 1 unspecified atom stereocenters. The first-order chi connectivity index (χ1) is 14.9. The zero-order valence-electron chi connectivity index (χ0n) is 17.6. The van der Waals surface area contributed by atoms with Crippen LogP contribution in [-0.2, 0) is 16.6 Å². The lowest BCUT2D eigenvalue weighted by Gasteiger charge is -2.50. The van der Waals surface area contributed by atoms with Crippen molar-refractivity contribution in [1.29, 1.82) is 0 Å². The predicted octanol–water partition coefficient (Wildman–Crippen LogP) is 5.46. The fourth-order valence-corrected chi connectivity index (χ4v) is 6.13. The first-order valence-electron chi connectivity index (χ1n) is 10.3. The number of nitrogens with one attached hydrogen (secondary N) is 1. The molecule has 0 radical (unpaired) electrons. The van der Waals surface area contributed by atoms with Crippen molar-refractivity contribution in [3.63, 3.8) is 0 Å². The van der Waals surface area contributed by atoms with Crippen molar-refractivity contribution >= 4 is 34.5 Å². The minimum absolute atomic E-state index is 0.0314. The Morgan fingerprint density at radius 3 is 2.77 bits per heavy atom. The summed E-state index contributed by atoms with van der Waals surface area (Å²) >= 11 is 7.57. The van der Waals surface area contributed by atoms with E-state index >= 15 is 0 Å². The lowest BCUT2D eigenvalue weighted by molar-refractivity contribution is -0.126. The van der Waals surface area contributed by atoms with Crippen LogP contribution in [0.4, 0.5) is 5.69 Å². The number of fused-ring (bicyclic) bond motifs is 4. The van der Waals surface area contributed by atoms with Gasteiger partial charge in [0.05, 0.1) is 6.61 Å². The number of benzene rings is 2. The number of aromatic nitrogens is 1. The van der Waals surface area contributed by atoms with Crippen molar-refractivity contribution in [2.24, 2.45) is 5.92 Å². The molecule has 0 saturated carbocycles. The van der Waals surface area contributed by atoms with E-state index in [1.165, 1.54) is 11.3 Å². The lowest BCUT2D eigenvalue weighted by atomic mass is 9.58. The van der Waals surface area contributed by atoms with Gasteiger partial charge in [-0.3, -0.25) is 4.79 Å². The summed E-state index contributed by atoms with van der Waals surface area (Å²) in [6, 6.07) is 13.7. The summed E-state index contributed by atoms with van der Waals surface area (Å²) in [4.78, 5) is 19.1. The molecule has 3 aromatic rings. The van der Waals surface area contributed by atoms with Gasteiger partial charge >= 0.3 is 0 Å². The van der Waals surface area contributed by atoms with Crippen LogP contribution >= 0.6 is 22.9 Å². The van der Waals surface area contributed by atoms with Crippen LogP contribution < -0.4 is 14.8 Å². The molecule has 0 fully saturated rings. The predicted molar refractivity (Wildman–Crippen MR) is 122 cm³/mol. The summed E-state index contributed by atoms with van der Waals surface area (Å²) in [5.41, 5.74) is 1.15. The van der Waals surface area contributed by atoms with Gasteiger partial charge in [-0.1, -0.05) is 35.9 Å². The molecule has 1 aromatic heterocycles. The molecule has 1 N–H and O–H groups in total. The molecule has 2 aromatic carbocycles. The second-order valence-corrected chi connectivity index (χ2v) is 10.1. The van der Waals surface area contributed by atoms with Gasteiger partial charge in [0.2, 0.25) is 5.91 Å². The average molecular weight is 455 g/mol. The number of ether oxygens (including phenoxy) is 2. The van der Waals surface area contributed by atoms with E-state index in [4.69, 9.17) is 21.1 Å². The molecule has 5 nitrogen and oxygen atoms in total. The van der Waals surface area contributed by atoms with Crippen LogP contribution in [0.1, 0.15) is 36.8 Å². The molecule has 2 atom stereocenters. The summed E-state index contributed by atoms with van der Waals surface area (Å²) < 4.78 is 12.7. The van der Waals surface area contributed by atoms with Gasteiger partial charge in [-0.15, -0.1) is 11.3 Å². The fourth-order valence-electron chi connectivity index (χ4n) is 5.10. The number of hydrogen-bond acceptors (Lipinski definition) is 5. The third kappa shape index (κ3) is 3.04. The van der Waals surface area contributed by atoms with Crippen LogP contribution in [0.2, 0.25) is 4.47 Å². The maximum atomic E-state index is 13.8. The number of halogens is 1. The number of anilines is 1. The molecule has 5 rings (SSSR count). The minimum atomic E-state index is -0.894. The highest BCUT2D eigenvalue weighted by Crippen LogP contribution is 2.58. The number of amides is 1. The number of rotatable bonds is 4. The molecule has 160 valence electrons. The summed E-state index contributed by atoms with van der Waals surface area (Å²) in [5.74, 6) is 1.20. The van der Waals surface area contributed by atoms with Gasteiger partial charge in [0.1, 0.15) is 22.5 Å². The lowest BCUT2D eigenvalue weighted by Crippen LogP contribution is -2.58. The van der Waals surface area contributed by atoms with Crippen LogP contribution in [0.5, 0.6) is 11.5 Å². The molecule has 31 heavy (non-hydrogen) atoms. The van der Waals surface area contributed by atoms with Crippen molar-refractivity contribution < 1.29 is 14.3 Å². The highest BCUT2D eigenvalue weighted by molar-refractivity contribution is 7.15. The molecule has 0 aliphatic carbocycles. The Hall–Kier alpha value is -2.57. The van der Waals surface area contributed by atoms with Crippen molar-refractivity contribution in [3.8, 4) is 11.5 Å². The number of carbonyl (C=O) groups excluding carboxylic acids is 1. The number of hydrogen-bond donors (Lipinski definition) is 1. The SMILES string of the molecule is CCOc1ccc2c(c1)OC(C)(C)C(Cc1cnc(Cl)s1)[C@]21C(=O)Nc2ccccc21. The zero-order valence-corrected chi connectivity index (χ0v) is 19.1. The van der Waals surface area contributed by atoms with E-state index in [0.717, 1.165) is 27.4 Å². The average Bonchev–Trinajstić information content (AvgIpc) is 3.26. The molecule has 1 spiro atoms. The van der Waals surface area contributed by atoms with Crippen LogP contribution in [-0.4, -0.2) is 23.1 Å². The number of carbonyl (C=O) groups is 1. The maximum Gasteiger partial charge on any atom is 0.240 e. The first kappa shape index (κ1) is 20.3. The van der Waals surface area contributed by atoms with Crippen LogP contribution in [0.15, 0.2) is 48.7 Å². The summed E-state index contributed by atoms with van der Waals surface area (Å²) in [6.07, 6.45) is 2.41. The molecule has 7 heteroatoms. The largest absolute Gasteiger partial charge is 0.494 e. The minimum Gasteiger partial charge on any atom is -0.494 e. The number of nitrogens with zero attached hydrogens (tertiary/aromatic N) is 1. The van der Waals surface area contributed by atoms with Crippen molar-refractivity contribution in [1.82, 2.24) is 4.98 Å². The number of thiazole rings is 1.